The Morgan fingerprint density at radius 3 is 2.11 bits per heavy atom. The van der Waals surface area contributed by atoms with Crippen LogP contribution in [0, 0.1) is 0 Å². The van der Waals surface area contributed by atoms with Crippen LogP contribution >= 0.6 is 0 Å². The summed E-state index contributed by atoms with van der Waals surface area (Å²) < 4.78 is 10.6. The molecule has 1 heterocycles. The Bertz CT molecular complexity index is 913. The van der Waals surface area contributed by atoms with Crippen molar-refractivity contribution in [2.24, 2.45) is 0 Å². The van der Waals surface area contributed by atoms with Crippen LogP contribution < -0.4 is 4.74 Å². The van der Waals surface area contributed by atoms with Gasteiger partial charge in [-0.25, -0.2) is 9.69 Å². The second-order valence-corrected chi connectivity index (χ2v) is 6.59. The molecule has 3 rings (SSSR count). The Balaban J connectivity index is 1.72. The van der Waals surface area contributed by atoms with Crippen LogP contribution in [0.1, 0.15) is 46.5 Å². The van der Waals surface area contributed by atoms with Gasteiger partial charge in [0.2, 0.25) is 5.60 Å². The summed E-state index contributed by atoms with van der Waals surface area (Å²) in [6, 6.07) is 13.7. The van der Waals surface area contributed by atoms with Crippen molar-refractivity contribution >= 4 is 23.9 Å². The minimum Gasteiger partial charge on any atom is -0.476 e. The SMILES string of the molecule is CC[C@@](C)(Oc1ccc(/C=C/N2C(=O)c3ccccc3C2=O)cc1)C(=O)OC. The summed E-state index contributed by atoms with van der Waals surface area (Å²) in [5, 5.41) is 0. The van der Waals surface area contributed by atoms with E-state index in [1.165, 1.54) is 13.3 Å². The van der Waals surface area contributed by atoms with Crippen LogP contribution in [-0.2, 0) is 9.53 Å². The lowest BCUT2D eigenvalue weighted by atomic mass is 10.0. The van der Waals surface area contributed by atoms with Crippen molar-refractivity contribution in [1.82, 2.24) is 4.90 Å². The molecule has 2 amide bonds. The van der Waals surface area contributed by atoms with E-state index in [1.807, 2.05) is 6.92 Å². The molecule has 0 N–H and O–H groups in total. The molecule has 0 saturated carbocycles. The summed E-state index contributed by atoms with van der Waals surface area (Å²) in [4.78, 5) is 37.7. The molecule has 0 aliphatic carbocycles. The smallest absolute Gasteiger partial charge is 0.349 e. The second-order valence-electron chi connectivity index (χ2n) is 6.59. The number of benzene rings is 2. The van der Waals surface area contributed by atoms with Crippen molar-refractivity contribution in [2.75, 3.05) is 7.11 Å². The number of amides is 2. The van der Waals surface area contributed by atoms with Crippen LogP contribution in [0.25, 0.3) is 6.08 Å². The highest BCUT2D eigenvalue weighted by molar-refractivity contribution is 6.22. The van der Waals surface area contributed by atoms with Crippen LogP contribution in [0.3, 0.4) is 0 Å². The van der Waals surface area contributed by atoms with Crippen molar-refractivity contribution < 1.29 is 23.9 Å². The zero-order valence-corrected chi connectivity index (χ0v) is 16.0. The fourth-order valence-electron chi connectivity index (χ4n) is 2.89. The van der Waals surface area contributed by atoms with Gasteiger partial charge in [0, 0.05) is 6.20 Å². The first kappa shape index (κ1) is 19.4. The zero-order chi connectivity index (χ0) is 20.3. The molecule has 0 spiro atoms. The monoisotopic (exact) mass is 379 g/mol. The highest BCUT2D eigenvalue weighted by Crippen LogP contribution is 2.25. The minimum absolute atomic E-state index is 0.339. The average molecular weight is 379 g/mol. The van der Waals surface area contributed by atoms with E-state index >= 15 is 0 Å². The lowest BCUT2D eigenvalue weighted by Gasteiger charge is -2.26. The summed E-state index contributed by atoms with van der Waals surface area (Å²) in [7, 11) is 1.33. The first-order valence-corrected chi connectivity index (χ1v) is 8.92. The van der Waals surface area contributed by atoms with Crippen LogP contribution in [0.15, 0.2) is 54.7 Å². The predicted molar refractivity (Wildman–Crippen MR) is 104 cm³/mol. The minimum atomic E-state index is -1.06. The molecular weight excluding hydrogens is 358 g/mol. The Hall–Kier alpha value is -3.41. The topological polar surface area (TPSA) is 72.9 Å². The van der Waals surface area contributed by atoms with Crippen molar-refractivity contribution in [1.29, 1.82) is 0 Å². The molecule has 144 valence electrons. The molecule has 0 bridgehead atoms. The molecule has 2 aromatic rings. The number of carbonyl (C=O) groups excluding carboxylic acids is 3. The predicted octanol–water partition coefficient (Wildman–Crippen LogP) is 3.67. The number of rotatable bonds is 6. The lowest BCUT2D eigenvalue weighted by Crippen LogP contribution is -2.41. The van der Waals surface area contributed by atoms with E-state index < -0.39 is 11.6 Å². The molecule has 0 aromatic heterocycles. The number of imide groups is 1. The van der Waals surface area contributed by atoms with Gasteiger partial charge in [0.05, 0.1) is 18.2 Å². The van der Waals surface area contributed by atoms with Gasteiger partial charge in [-0.05, 0) is 49.2 Å². The van der Waals surface area contributed by atoms with E-state index in [-0.39, 0.29) is 11.8 Å². The largest absolute Gasteiger partial charge is 0.476 e. The van der Waals surface area contributed by atoms with Gasteiger partial charge in [-0.2, -0.15) is 0 Å². The fourth-order valence-corrected chi connectivity index (χ4v) is 2.89. The van der Waals surface area contributed by atoms with E-state index in [9.17, 15) is 14.4 Å². The molecule has 1 aliphatic heterocycles. The quantitative estimate of drug-likeness (QED) is 0.566. The lowest BCUT2D eigenvalue weighted by molar-refractivity contribution is -0.157. The maximum atomic E-state index is 12.4. The van der Waals surface area contributed by atoms with E-state index in [0.717, 1.165) is 10.5 Å². The molecule has 0 saturated heterocycles. The van der Waals surface area contributed by atoms with E-state index in [2.05, 4.69) is 0 Å². The van der Waals surface area contributed by atoms with Gasteiger partial charge in [-0.15, -0.1) is 0 Å². The van der Waals surface area contributed by atoms with Gasteiger partial charge in [0.1, 0.15) is 5.75 Å². The number of methoxy groups -OCH3 is 1. The molecular formula is C22H21NO5. The average Bonchev–Trinajstić information content (AvgIpc) is 2.97. The molecule has 0 fully saturated rings. The van der Waals surface area contributed by atoms with Crippen molar-refractivity contribution in [2.45, 2.75) is 25.9 Å². The van der Waals surface area contributed by atoms with Crippen molar-refractivity contribution in [3.8, 4) is 5.75 Å². The third-order valence-corrected chi connectivity index (χ3v) is 4.76. The van der Waals surface area contributed by atoms with E-state index in [1.54, 1.807) is 61.5 Å². The number of nitrogens with zero attached hydrogens (tertiary/aromatic N) is 1. The van der Waals surface area contributed by atoms with Gasteiger partial charge in [-0.1, -0.05) is 31.2 Å². The summed E-state index contributed by atoms with van der Waals surface area (Å²) in [5.41, 5.74) is 0.525. The summed E-state index contributed by atoms with van der Waals surface area (Å²) >= 11 is 0. The van der Waals surface area contributed by atoms with Gasteiger partial charge < -0.3 is 9.47 Å². The maximum absolute atomic E-state index is 12.4. The number of carbonyl (C=O) groups is 3. The molecule has 1 atom stereocenters. The number of ether oxygens (including phenoxy) is 2. The Morgan fingerprint density at radius 2 is 1.61 bits per heavy atom. The Labute approximate surface area is 163 Å². The molecule has 6 nitrogen and oxygen atoms in total. The highest BCUT2D eigenvalue weighted by Gasteiger charge is 2.35. The summed E-state index contributed by atoms with van der Waals surface area (Å²) in [6.45, 7) is 3.52. The third-order valence-electron chi connectivity index (χ3n) is 4.76. The van der Waals surface area contributed by atoms with E-state index in [4.69, 9.17) is 9.47 Å². The van der Waals surface area contributed by atoms with Crippen molar-refractivity contribution in [3.63, 3.8) is 0 Å². The van der Waals surface area contributed by atoms with Crippen LogP contribution in [0.5, 0.6) is 5.75 Å². The van der Waals surface area contributed by atoms with Gasteiger partial charge in [-0.3, -0.25) is 9.59 Å². The summed E-state index contributed by atoms with van der Waals surface area (Å²) in [5.74, 6) is -0.598. The Morgan fingerprint density at radius 1 is 1.04 bits per heavy atom. The van der Waals surface area contributed by atoms with Gasteiger partial charge in [0.15, 0.2) is 0 Å². The van der Waals surface area contributed by atoms with E-state index in [0.29, 0.717) is 23.3 Å². The molecule has 28 heavy (non-hydrogen) atoms. The normalized spacial score (nSPS) is 15.5. The van der Waals surface area contributed by atoms with Gasteiger partial charge >= 0.3 is 5.97 Å². The fraction of sp³-hybridized carbons (Fsp3) is 0.227. The number of hydrogen-bond donors (Lipinski definition) is 0. The highest BCUT2D eigenvalue weighted by atomic mass is 16.6. The van der Waals surface area contributed by atoms with Crippen LogP contribution in [-0.4, -0.2) is 35.4 Å². The maximum Gasteiger partial charge on any atom is 0.349 e. The van der Waals surface area contributed by atoms with Crippen LogP contribution in [0.2, 0.25) is 0 Å². The third kappa shape index (κ3) is 3.53. The second kappa shape index (κ2) is 7.68. The first-order chi connectivity index (χ1) is 13.4. The molecule has 0 unspecified atom stereocenters. The summed E-state index contributed by atoms with van der Waals surface area (Å²) in [6.07, 6.45) is 3.59. The first-order valence-electron chi connectivity index (χ1n) is 8.92. The standard InChI is InChI=1S/C22H21NO5/c1-4-22(2,21(26)27-3)28-16-11-9-15(10-12-16)13-14-23-19(24)17-7-5-6-8-18(17)20(23)25/h5-14H,4H2,1-3H3/b14-13+/t22-/m1/s1. The molecule has 0 radical (unpaired) electrons. The number of esters is 1. The van der Waals surface area contributed by atoms with Crippen molar-refractivity contribution in [3.05, 3.63) is 71.4 Å². The number of fused-ring (bicyclic) bond motifs is 1. The molecule has 1 aliphatic rings. The Kier molecular flexibility index (Phi) is 5.31. The zero-order valence-electron chi connectivity index (χ0n) is 16.0. The van der Waals surface area contributed by atoms with Gasteiger partial charge in [0.25, 0.3) is 11.8 Å². The molecule has 6 heteroatoms. The number of hydrogen-bond acceptors (Lipinski definition) is 5. The molecule has 2 aromatic carbocycles. The van der Waals surface area contributed by atoms with Crippen LogP contribution in [0.4, 0.5) is 0 Å².